The predicted molar refractivity (Wildman–Crippen MR) is 61.7 cm³/mol. The van der Waals surface area contributed by atoms with E-state index >= 15 is 0 Å². The van der Waals surface area contributed by atoms with Gasteiger partial charge in [-0.05, 0) is 30.3 Å². The van der Waals surface area contributed by atoms with E-state index in [1.807, 2.05) is 5.38 Å². The monoisotopic (exact) mass is 256 g/mol. The van der Waals surface area contributed by atoms with Crippen LogP contribution in [-0.2, 0) is 9.47 Å². The van der Waals surface area contributed by atoms with Crippen molar-refractivity contribution < 1.29 is 14.6 Å². The van der Waals surface area contributed by atoms with Crippen molar-refractivity contribution in [3.05, 3.63) is 11.1 Å². The quantitative estimate of drug-likeness (QED) is 0.860. The Morgan fingerprint density at radius 1 is 1.53 bits per heavy atom. The molecule has 17 heavy (non-hydrogen) atoms. The van der Waals surface area contributed by atoms with Gasteiger partial charge in [-0.15, -0.1) is 5.10 Å². The zero-order chi connectivity index (χ0) is 11.7. The van der Waals surface area contributed by atoms with Crippen LogP contribution in [0.1, 0.15) is 31.1 Å². The third kappa shape index (κ3) is 2.22. The minimum absolute atomic E-state index is 0.159. The van der Waals surface area contributed by atoms with Gasteiger partial charge in [0.25, 0.3) is 0 Å². The van der Waals surface area contributed by atoms with Crippen molar-refractivity contribution in [2.45, 2.75) is 31.0 Å². The summed E-state index contributed by atoms with van der Waals surface area (Å²) in [5.74, 6) is 0.203. The maximum Gasteiger partial charge on any atom is 0.104 e. The van der Waals surface area contributed by atoms with Crippen molar-refractivity contribution in [1.29, 1.82) is 0 Å². The van der Waals surface area contributed by atoms with Crippen LogP contribution >= 0.6 is 11.5 Å². The first-order valence-electron chi connectivity index (χ1n) is 5.96. The highest BCUT2D eigenvalue weighted by Gasteiger charge is 2.43. The first-order valence-corrected chi connectivity index (χ1v) is 6.79. The summed E-state index contributed by atoms with van der Waals surface area (Å²) in [7, 11) is 0. The van der Waals surface area contributed by atoms with Gasteiger partial charge in [0, 0.05) is 25.0 Å². The molecule has 0 saturated carbocycles. The van der Waals surface area contributed by atoms with Gasteiger partial charge in [-0.2, -0.15) is 0 Å². The summed E-state index contributed by atoms with van der Waals surface area (Å²) >= 11 is 1.28. The highest BCUT2D eigenvalue weighted by molar-refractivity contribution is 7.03. The van der Waals surface area contributed by atoms with E-state index < -0.39 is 6.10 Å². The van der Waals surface area contributed by atoms with Crippen molar-refractivity contribution in [3.8, 4) is 0 Å². The third-order valence-corrected chi connectivity index (χ3v) is 4.25. The van der Waals surface area contributed by atoms with Gasteiger partial charge in [0.05, 0.1) is 12.2 Å². The van der Waals surface area contributed by atoms with Crippen molar-refractivity contribution >= 4 is 11.5 Å². The van der Waals surface area contributed by atoms with Crippen molar-refractivity contribution in [3.63, 3.8) is 0 Å². The summed E-state index contributed by atoms with van der Waals surface area (Å²) in [6, 6.07) is 0. The van der Waals surface area contributed by atoms with Gasteiger partial charge in [0.2, 0.25) is 0 Å². The van der Waals surface area contributed by atoms with Gasteiger partial charge >= 0.3 is 0 Å². The minimum atomic E-state index is -0.518. The van der Waals surface area contributed by atoms with Crippen LogP contribution in [0.3, 0.4) is 0 Å². The Kier molecular flexibility index (Phi) is 3.12. The smallest absolute Gasteiger partial charge is 0.104 e. The Labute approximate surface area is 104 Å². The van der Waals surface area contributed by atoms with Crippen molar-refractivity contribution in [1.82, 2.24) is 9.59 Å². The summed E-state index contributed by atoms with van der Waals surface area (Å²) in [6.07, 6.45) is 2.15. The molecule has 2 aliphatic heterocycles. The summed E-state index contributed by atoms with van der Waals surface area (Å²) < 4.78 is 15.1. The molecule has 3 rings (SSSR count). The van der Waals surface area contributed by atoms with Crippen LogP contribution in [0.15, 0.2) is 5.38 Å². The molecule has 3 unspecified atom stereocenters. The standard InChI is InChI=1S/C11H16N2O3S/c14-10(9-6-17-13-12-9)8-1-3-16-11(5-8)2-4-15-7-11/h6,8,10,14H,1-5,7H2. The van der Waals surface area contributed by atoms with Crippen LogP contribution in [0.2, 0.25) is 0 Å². The van der Waals surface area contributed by atoms with Gasteiger partial charge in [0.15, 0.2) is 0 Å². The van der Waals surface area contributed by atoms with E-state index in [0.717, 1.165) is 25.9 Å². The summed E-state index contributed by atoms with van der Waals surface area (Å²) in [4.78, 5) is 0. The molecule has 5 nitrogen and oxygen atoms in total. The number of aromatic nitrogens is 2. The Bertz CT molecular complexity index is 365. The second-order valence-electron chi connectivity index (χ2n) is 4.86. The molecule has 2 saturated heterocycles. The number of aliphatic hydroxyl groups is 1. The Morgan fingerprint density at radius 2 is 2.47 bits per heavy atom. The van der Waals surface area contributed by atoms with Gasteiger partial charge in [-0.1, -0.05) is 4.49 Å². The summed E-state index contributed by atoms with van der Waals surface area (Å²) in [6.45, 7) is 2.12. The van der Waals surface area contributed by atoms with E-state index in [4.69, 9.17) is 9.47 Å². The molecule has 1 aromatic rings. The lowest BCUT2D eigenvalue weighted by molar-refractivity contribution is -0.117. The summed E-state index contributed by atoms with van der Waals surface area (Å²) in [5, 5.41) is 16.1. The lowest BCUT2D eigenvalue weighted by atomic mass is 9.81. The SMILES string of the molecule is OC(c1csnn1)C1CCOC2(CCOC2)C1. The van der Waals surface area contributed by atoms with Crippen molar-refractivity contribution in [2.75, 3.05) is 19.8 Å². The molecule has 0 radical (unpaired) electrons. The molecule has 3 atom stereocenters. The largest absolute Gasteiger partial charge is 0.386 e. The fourth-order valence-corrected chi connectivity index (χ4v) is 3.22. The minimum Gasteiger partial charge on any atom is -0.386 e. The topological polar surface area (TPSA) is 64.5 Å². The second-order valence-corrected chi connectivity index (χ2v) is 5.47. The fourth-order valence-electron chi connectivity index (χ4n) is 2.74. The predicted octanol–water partition coefficient (Wildman–Crippen LogP) is 1.16. The van der Waals surface area contributed by atoms with E-state index in [1.54, 1.807) is 0 Å². The molecule has 2 fully saturated rings. The molecular weight excluding hydrogens is 240 g/mol. The zero-order valence-corrected chi connectivity index (χ0v) is 10.4. The molecule has 0 aromatic carbocycles. The molecule has 1 spiro atoms. The number of ether oxygens (including phenoxy) is 2. The molecule has 0 aliphatic carbocycles. The molecule has 3 heterocycles. The average molecular weight is 256 g/mol. The Hall–Kier alpha value is -0.560. The average Bonchev–Trinajstić information content (AvgIpc) is 3.00. The van der Waals surface area contributed by atoms with Crippen LogP contribution in [0.25, 0.3) is 0 Å². The zero-order valence-electron chi connectivity index (χ0n) is 9.54. The van der Waals surface area contributed by atoms with E-state index in [-0.39, 0.29) is 11.5 Å². The van der Waals surface area contributed by atoms with E-state index in [9.17, 15) is 5.11 Å². The fraction of sp³-hybridized carbons (Fsp3) is 0.818. The van der Waals surface area contributed by atoms with Gasteiger partial charge in [-0.3, -0.25) is 0 Å². The maximum absolute atomic E-state index is 10.3. The molecular formula is C11H16N2O3S. The van der Waals surface area contributed by atoms with Crippen LogP contribution in [-0.4, -0.2) is 40.1 Å². The molecule has 1 aromatic heterocycles. The molecule has 0 bridgehead atoms. The highest BCUT2D eigenvalue weighted by Crippen LogP contribution is 2.40. The molecule has 2 aliphatic rings. The molecule has 1 N–H and O–H groups in total. The second kappa shape index (κ2) is 4.61. The van der Waals surface area contributed by atoms with Crippen LogP contribution < -0.4 is 0 Å². The highest BCUT2D eigenvalue weighted by atomic mass is 32.1. The Balaban J connectivity index is 1.71. The summed E-state index contributed by atoms with van der Waals surface area (Å²) in [5.41, 5.74) is 0.531. The van der Waals surface area contributed by atoms with Crippen LogP contribution in [0.4, 0.5) is 0 Å². The first-order chi connectivity index (χ1) is 8.29. The molecule has 0 amide bonds. The third-order valence-electron chi connectivity index (χ3n) is 3.72. The number of hydrogen-bond acceptors (Lipinski definition) is 6. The van der Waals surface area contributed by atoms with Crippen LogP contribution in [0.5, 0.6) is 0 Å². The van der Waals surface area contributed by atoms with Crippen LogP contribution in [0, 0.1) is 5.92 Å². The van der Waals surface area contributed by atoms with E-state index in [2.05, 4.69) is 9.59 Å². The van der Waals surface area contributed by atoms with Gasteiger partial charge < -0.3 is 14.6 Å². The normalized spacial score (nSPS) is 35.2. The van der Waals surface area contributed by atoms with Gasteiger partial charge in [0.1, 0.15) is 11.8 Å². The van der Waals surface area contributed by atoms with Gasteiger partial charge in [-0.25, -0.2) is 0 Å². The number of aliphatic hydroxyl groups excluding tert-OH is 1. The van der Waals surface area contributed by atoms with E-state index in [0.29, 0.717) is 18.9 Å². The first kappa shape index (κ1) is 11.5. The van der Waals surface area contributed by atoms with E-state index in [1.165, 1.54) is 11.5 Å². The number of hydrogen-bond donors (Lipinski definition) is 1. The number of nitrogens with zero attached hydrogens (tertiary/aromatic N) is 2. The maximum atomic E-state index is 10.3. The number of rotatable bonds is 2. The Morgan fingerprint density at radius 3 is 3.18 bits per heavy atom. The lowest BCUT2D eigenvalue weighted by Crippen LogP contribution is -2.41. The molecule has 6 heteroatoms. The molecule has 94 valence electrons. The van der Waals surface area contributed by atoms with Crippen molar-refractivity contribution in [2.24, 2.45) is 5.92 Å². The lowest BCUT2D eigenvalue weighted by Gasteiger charge is -2.38.